The molecular weight excluding hydrogens is 110 g/mol. The molecule has 2 N–H and O–H groups in total. The lowest BCUT2D eigenvalue weighted by molar-refractivity contribution is 0.0430. The van der Waals surface area contributed by atoms with E-state index in [1.165, 1.54) is 6.26 Å². The summed E-state index contributed by atoms with van der Waals surface area (Å²) in [5, 5.41) is 24.3. The molecule has 0 aromatic heterocycles. The van der Waals surface area contributed by atoms with E-state index in [9.17, 15) is 0 Å². The van der Waals surface area contributed by atoms with Crippen LogP contribution in [0.1, 0.15) is 0 Å². The molecule has 0 aromatic carbocycles. The Morgan fingerprint density at radius 3 is 2.75 bits per heavy atom. The summed E-state index contributed by atoms with van der Waals surface area (Å²) in [6, 6.07) is 0. The molecule has 0 aliphatic carbocycles. The molecule has 0 heterocycles. The van der Waals surface area contributed by atoms with E-state index in [-0.39, 0.29) is 13.2 Å². The average Bonchev–Trinajstić information content (AvgIpc) is 1.83. The highest BCUT2D eigenvalue weighted by Gasteiger charge is 1.99. The second-order valence-electron chi connectivity index (χ2n) is 1.24. The normalized spacial score (nSPS) is 12.1. The molecule has 0 fully saturated rings. The molecule has 0 rings (SSSR count). The highest BCUT2D eigenvalue weighted by atomic mass is 16.5. The molecule has 0 aliphatic rings. The predicted octanol–water partition coefficient (Wildman–Crippen LogP) is -1.16. The molecule has 8 heavy (non-hydrogen) atoms. The third-order valence-electron chi connectivity index (χ3n) is 0.551. The number of nitriles is 1. The molecule has 4 heteroatoms. The Hall–Kier alpha value is -0.790. The van der Waals surface area contributed by atoms with Gasteiger partial charge in [0.2, 0.25) is 0 Å². The first-order valence-electron chi connectivity index (χ1n) is 2.11. The second-order valence-corrected chi connectivity index (χ2v) is 1.24. The van der Waals surface area contributed by atoms with Crippen LogP contribution in [-0.2, 0) is 4.74 Å². The quantitative estimate of drug-likeness (QED) is 0.457. The molecule has 0 radical (unpaired) electrons. The van der Waals surface area contributed by atoms with E-state index >= 15 is 0 Å². The summed E-state index contributed by atoms with van der Waals surface area (Å²) in [4.78, 5) is 0. The molecule has 0 saturated carbocycles. The van der Waals surface area contributed by atoms with Crippen molar-refractivity contribution in [1.29, 1.82) is 5.26 Å². The second kappa shape index (κ2) is 4.37. The van der Waals surface area contributed by atoms with Crippen molar-refractivity contribution in [1.82, 2.24) is 0 Å². The monoisotopic (exact) mass is 117 g/mol. The van der Waals surface area contributed by atoms with Crippen LogP contribution in [0.3, 0.4) is 0 Å². The number of hydrogen-bond acceptors (Lipinski definition) is 4. The largest absolute Gasteiger partial charge is 0.425 e. The average molecular weight is 117 g/mol. The van der Waals surface area contributed by atoms with Crippen molar-refractivity contribution >= 4 is 0 Å². The Kier molecular flexibility index (Phi) is 3.94. The first-order chi connectivity index (χ1) is 3.81. The van der Waals surface area contributed by atoms with Crippen molar-refractivity contribution in [2.24, 2.45) is 0 Å². The highest BCUT2D eigenvalue weighted by Crippen LogP contribution is 1.79. The number of aliphatic hydroxyl groups is 2. The molecule has 0 saturated heterocycles. The Morgan fingerprint density at radius 1 is 1.75 bits per heavy atom. The van der Waals surface area contributed by atoms with Gasteiger partial charge in [-0.05, 0) is 0 Å². The zero-order valence-electron chi connectivity index (χ0n) is 4.24. The van der Waals surface area contributed by atoms with Crippen LogP contribution < -0.4 is 0 Å². The fourth-order valence-corrected chi connectivity index (χ4v) is 0.186. The highest BCUT2D eigenvalue weighted by molar-refractivity contribution is 4.54. The van der Waals surface area contributed by atoms with Crippen LogP contribution in [0, 0.1) is 11.5 Å². The van der Waals surface area contributed by atoms with Gasteiger partial charge in [-0.3, -0.25) is 0 Å². The van der Waals surface area contributed by atoms with Crippen LogP contribution in [0.4, 0.5) is 0 Å². The molecule has 4 nitrogen and oxygen atoms in total. The van der Waals surface area contributed by atoms with E-state index in [0.29, 0.717) is 0 Å². The van der Waals surface area contributed by atoms with Gasteiger partial charge >= 0.3 is 0 Å². The third kappa shape index (κ3) is 3.40. The molecule has 1 unspecified atom stereocenters. The van der Waals surface area contributed by atoms with E-state index in [4.69, 9.17) is 15.5 Å². The third-order valence-corrected chi connectivity index (χ3v) is 0.551. The van der Waals surface area contributed by atoms with Gasteiger partial charge < -0.3 is 14.9 Å². The molecular formula is C4H7NO3. The molecule has 0 bridgehead atoms. The summed E-state index contributed by atoms with van der Waals surface area (Å²) >= 11 is 0. The van der Waals surface area contributed by atoms with Gasteiger partial charge in [0, 0.05) is 0 Å². The van der Waals surface area contributed by atoms with Gasteiger partial charge in [0.1, 0.15) is 12.7 Å². The van der Waals surface area contributed by atoms with Gasteiger partial charge in [-0.1, -0.05) is 0 Å². The first-order valence-corrected chi connectivity index (χ1v) is 2.11. The molecule has 46 valence electrons. The maximum Gasteiger partial charge on any atom is 0.286 e. The Labute approximate surface area is 46.9 Å². The molecule has 0 amide bonds. The van der Waals surface area contributed by atoms with Gasteiger partial charge in [0.15, 0.2) is 0 Å². The number of nitrogens with zero attached hydrogens (tertiary/aromatic N) is 1. The molecule has 0 spiro atoms. The summed E-state index contributed by atoms with van der Waals surface area (Å²) in [6.45, 7) is -0.505. The number of ether oxygens (including phenoxy) is 1. The minimum atomic E-state index is -0.936. The first kappa shape index (κ1) is 7.21. The van der Waals surface area contributed by atoms with Crippen molar-refractivity contribution in [3.8, 4) is 6.26 Å². The maximum absolute atomic E-state index is 8.46. The van der Waals surface area contributed by atoms with Crippen LogP contribution in [0.2, 0.25) is 0 Å². The summed E-state index contributed by atoms with van der Waals surface area (Å²) < 4.78 is 4.08. The Balaban J connectivity index is 3.01. The van der Waals surface area contributed by atoms with Gasteiger partial charge in [0.25, 0.3) is 6.26 Å². The van der Waals surface area contributed by atoms with E-state index in [1.54, 1.807) is 0 Å². The number of aliphatic hydroxyl groups excluding tert-OH is 2. The minimum Gasteiger partial charge on any atom is -0.425 e. The van der Waals surface area contributed by atoms with Crippen molar-refractivity contribution in [3.05, 3.63) is 0 Å². The molecule has 0 aromatic rings. The lowest BCUT2D eigenvalue weighted by Gasteiger charge is -2.00. The number of hydrogen-bond donors (Lipinski definition) is 2. The fourth-order valence-electron chi connectivity index (χ4n) is 0.186. The van der Waals surface area contributed by atoms with Gasteiger partial charge in [0.05, 0.1) is 6.61 Å². The van der Waals surface area contributed by atoms with E-state index in [2.05, 4.69) is 4.74 Å². The lowest BCUT2D eigenvalue weighted by atomic mass is 10.4. The van der Waals surface area contributed by atoms with Crippen LogP contribution in [-0.4, -0.2) is 29.5 Å². The van der Waals surface area contributed by atoms with E-state index < -0.39 is 6.10 Å². The number of rotatable bonds is 3. The van der Waals surface area contributed by atoms with Crippen LogP contribution >= 0.6 is 0 Å². The standard InChI is InChI=1S/C4H7NO3/c5-3-8-2-4(7)1-6/h4,6-7H,1-2H2. The van der Waals surface area contributed by atoms with Crippen molar-refractivity contribution < 1.29 is 14.9 Å². The summed E-state index contributed by atoms with van der Waals surface area (Å²) in [5.74, 6) is 0. The van der Waals surface area contributed by atoms with Gasteiger partial charge in [-0.15, -0.1) is 0 Å². The summed E-state index contributed by atoms with van der Waals surface area (Å²) in [5.41, 5.74) is 0. The van der Waals surface area contributed by atoms with Crippen molar-refractivity contribution in [2.75, 3.05) is 13.2 Å². The smallest absolute Gasteiger partial charge is 0.286 e. The minimum absolute atomic E-state index is 0.132. The molecule has 1 atom stereocenters. The van der Waals surface area contributed by atoms with Crippen molar-refractivity contribution in [2.45, 2.75) is 6.10 Å². The predicted molar refractivity (Wildman–Crippen MR) is 24.7 cm³/mol. The molecule has 0 aliphatic heterocycles. The van der Waals surface area contributed by atoms with Gasteiger partial charge in [-0.2, -0.15) is 5.26 Å². The van der Waals surface area contributed by atoms with Crippen molar-refractivity contribution in [3.63, 3.8) is 0 Å². The zero-order valence-corrected chi connectivity index (χ0v) is 4.24. The van der Waals surface area contributed by atoms with Gasteiger partial charge in [-0.25, -0.2) is 0 Å². The fraction of sp³-hybridized carbons (Fsp3) is 0.750. The van der Waals surface area contributed by atoms with Crippen LogP contribution in [0.25, 0.3) is 0 Å². The zero-order chi connectivity index (χ0) is 6.41. The van der Waals surface area contributed by atoms with Crippen LogP contribution in [0.5, 0.6) is 0 Å². The Morgan fingerprint density at radius 2 is 2.38 bits per heavy atom. The lowest BCUT2D eigenvalue weighted by Crippen LogP contribution is -2.17. The topological polar surface area (TPSA) is 73.5 Å². The van der Waals surface area contributed by atoms with E-state index in [0.717, 1.165) is 0 Å². The SMILES string of the molecule is N#COCC(O)CO. The van der Waals surface area contributed by atoms with Crippen LogP contribution in [0.15, 0.2) is 0 Å². The summed E-state index contributed by atoms with van der Waals surface area (Å²) in [6.07, 6.45) is 0.426. The Bertz CT molecular complexity index is 87.8. The maximum atomic E-state index is 8.46. The summed E-state index contributed by atoms with van der Waals surface area (Å²) in [7, 11) is 0. The van der Waals surface area contributed by atoms with E-state index in [1.807, 2.05) is 0 Å².